The van der Waals surface area contributed by atoms with E-state index >= 15 is 0 Å². The van der Waals surface area contributed by atoms with E-state index in [0.717, 1.165) is 0 Å². The molecule has 0 fully saturated rings. The molecule has 0 aliphatic rings. The Bertz CT molecular complexity index is 298. The topological polar surface area (TPSA) is 68.0 Å². The molecule has 0 aliphatic carbocycles. The molecule has 0 aliphatic heterocycles. The van der Waals surface area contributed by atoms with E-state index in [1.54, 1.807) is 6.92 Å². The minimum absolute atomic E-state index is 0.0920. The summed E-state index contributed by atoms with van der Waals surface area (Å²) in [5.74, 6) is 0.130. The molecule has 1 rings (SSSR count). The zero-order chi connectivity index (χ0) is 9.84. The maximum absolute atomic E-state index is 11.0. The van der Waals surface area contributed by atoms with Gasteiger partial charge in [0.1, 0.15) is 5.38 Å². The molecule has 1 atom stereocenters. The molecule has 0 saturated carbocycles. The lowest BCUT2D eigenvalue weighted by Gasteiger charge is -1.99. The Kier molecular flexibility index (Phi) is 3.25. The standard InChI is InChI=1S/C7H10ClN3O2/c1-3-5-10-11-7(13-5)9-6(12)4(2)8/h4H,3H2,1-2H3,(H,9,11,12). The summed E-state index contributed by atoms with van der Waals surface area (Å²) in [6.45, 7) is 3.44. The number of hydrogen-bond donors (Lipinski definition) is 1. The number of nitrogens with one attached hydrogen (secondary N) is 1. The molecule has 1 amide bonds. The van der Waals surface area contributed by atoms with Gasteiger partial charge in [0.15, 0.2) is 0 Å². The van der Waals surface area contributed by atoms with Crippen LogP contribution in [0.15, 0.2) is 4.42 Å². The van der Waals surface area contributed by atoms with Gasteiger partial charge in [-0.2, -0.15) is 0 Å². The summed E-state index contributed by atoms with van der Waals surface area (Å²) in [7, 11) is 0. The second-order valence-corrected chi connectivity index (χ2v) is 3.11. The van der Waals surface area contributed by atoms with Crippen LogP contribution in [-0.2, 0) is 11.2 Å². The molecule has 0 spiro atoms. The van der Waals surface area contributed by atoms with Crippen molar-refractivity contribution in [3.05, 3.63) is 5.89 Å². The van der Waals surface area contributed by atoms with Crippen molar-refractivity contribution in [1.29, 1.82) is 0 Å². The van der Waals surface area contributed by atoms with Gasteiger partial charge in [-0.05, 0) is 6.92 Å². The minimum atomic E-state index is -0.614. The number of carbonyl (C=O) groups is 1. The predicted octanol–water partition coefficient (Wildman–Crippen LogP) is 1.20. The van der Waals surface area contributed by atoms with E-state index in [-0.39, 0.29) is 11.9 Å². The number of amides is 1. The summed E-state index contributed by atoms with van der Waals surface area (Å²) >= 11 is 5.52. The molecule has 6 heteroatoms. The largest absolute Gasteiger partial charge is 0.408 e. The van der Waals surface area contributed by atoms with Gasteiger partial charge in [-0.1, -0.05) is 12.0 Å². The minimum Gasteiger partial charge on any atom is -0.408 e. The van der Waals surface area contributed by atoms with E-state index < -0.39 is 5.38 Å². The van der Waals surface area contributed by atoms with Crippen molar-refractivity contribution in [2.24, 2.45) is 0 Å². The average molecular weight is 204 g/mol. The van der Waals surface area contributed by atoms with Crippen molar-refractivity contribution in [2.45, 2.75) is 25.6 Å². The van der Waals surface area contributed by atoms with Gasteiger partial charge in [-0.15, -0.1) is 16.7 Å². The second-order valence-electron chi connectivity index (χ2n) is 2.46. The number of rotatable bonds is 3. The first kappa shape index (κ1) is 9.98. The van der Waals surface area contributed by atoms with Gasteiger partial charge in [0.05, 0.1) is 0 Å². The lowest BCUT2D eigenvalue weighted by atomic mass is 10.4. The number of anilines is 1. The van der Waals surface area contributed by atoms with Crippen LogP contribution in [0.5, 0.6) is 0 Å². The van der Waals surface area contributed by atoms with E-state index in [1.807, 2.05) is 6.92 Å². The van der Waals surface area contributed by atoms with Crippen molar-refractivity contribution >= 4 is 23.5 Å². The molecule has 13 heavy (non-hydrogen) atoms. The highest BCUT2D eigenvalue weighted by atomic mass is 35.5. The molecule has 1 N–H and O–H groups in total. The van der Waals surface area contributed by atoms with Gasteiger partial charge in [-0.3, -0.25) is 10.1 Å². The van der Waals surface area contributed by atoms with Gasteiger partial charge in [0.25, 0.3) is 0 Å². The summed E-state index contributed by atoms with van der Waals surface area (Å²) in [6, 6.07) is 0.0920. The highest BCUT2D eigenvalue weighted by Gasteiger charge is 2.12. The molecule has 1 unspecified atom stereocenters. The first-order valence-electron chi connectivity index (χ1n) is 3.90. The van der Waals surface area contributed by atoms with Crippen LogP contribution in [0.1, 0.15) is 19.7 Å². The Balaban J connectivity index is 2.59. The zero-order valence-electron chi connectivity index (χ0n) is 7.37. The van der Waals surface area contributed by atoms with Gasteiger partial charge >= 0.3 is 6.01 Å². The van der Waals surface area contributed by atoms with E-state index in [0.29, 0.717) is 12.3 Å². The van der Waals surface area contributed by atoms with Crippen molar-refractivity contribution in [1.82, 2.24) is 10.2 Å². The monoisotopic (exact) mass is 203 g/mol. The highest BCUT2D eigenvalue weighted by molar-refractivity contribution is 6.32. The predicted molar refractivity (Wildman–Crippen MR) is 47.6 cm³/mol. The fourth-order valence-electron chi connectivity index (χ4n) is 0.652. The molecule has 0 bridgehead atoms. The van der Waals surface area contributed by atoms with Crippen molar-refractivity contribution < 1.29 is 9.21 Å². The number of halogens is 1. The molecule has 1 aromatic rings. The summed E-state index contributed by atoms with van der Waals surface area (Å²) in [4.78, 5) is 11.0. The van der Waals surface area contributed by atoms with Crippen LogP contribution < -0.4 is 5.32 Å². The van der Waals surface area contributed by atoms with Gasteiger partial charge in [0, 0.05) is 6.42 Å². The van der Waals surface area contributed by atoms with Crippen LogP contribution in [0.2, 0.25) is 0 Å². The summed E-state index contributed by atoms with van der Waals surface area (Å²) in [5.41, 5.74) is 0. The van der Waals surface area contributed by atoms with E-state index in [4.69, 9.17) is 16.0 Å². The first-order chi connectivity index (χ1) is 6.13. The van der Waals surface area contributed by atoms with E-state index in [1.165, 1.54) is 0 Å². The molecule has 72 valence electrons. The molecule has 5 nitrogen and oxygen atoms in total. The molecule has 1 aromatic heterocycles. The Morgan fingerprint density at radius 3 is 2.85 bits per heavy atom. The van der Waals surface area contributed by atoms with Crippen LogP contribution in [0.3, 0.4) is 0 Å². The van der Waals surface area contributed by atoms with Gasteiger partial charge in [-0.25, -0.2) is 0 Å². The lowest BCUT2D eigenvalue weighted by Crippen LogP contribution is -2.20. The molecular formula is C7H10ClN3O2. The Labute approximate surface area is 80.5 Å². The molecule has 0 saturated heterocycles. The summed E-state index contributed by atoms with van der Waals surface area (Å²) in [6.07, 6.45) is 0.638. The Hall–Kier alpha value is -1.10. The normalized spacial score (nSPS) is 12.5. The SMILES string of the molecule is CCc1nnc(NC(=O)C(C)Cl)o1. The third-order valence-electron chi connectivity index (χ3n) is 1.36. The summed E-state index contributed by atoms with van der Waals surface area (Å²) in [5, 5.41) is 9.05. The van der Waals surface area contributed by atoms with Gasteiger partial charge in [0.2, 0.25) is 11.8 Å². The van der Waals surface area contributed by atoms with Crippen molar-refractivity contribution in [2.75, 3.05) is 5.32 Å². The number of aryl methyl sites for hydroxylation is 1. The maximum Gasteiger partial charge on any atom is 0.322 e. The van der Waals surface area contributed by atoms with E-state index in [2.05, 4.69) is 15.5 Å². The van der Waals surface area contributed by atoms with Crippen LogP contribution in [0.4, 0.5) is 6.01 Å². The number of nitrogens with zero attached hydrogens (tertiary/aromatic N) is 2. The van der Waals surface area contributed by atoms with Crippen molar-refractivity contribution in [3.63, 3.8) is 0 Å². The number of aromatic nitrogens is 2. The van der Waals surface area contributed by atoms with Crippen LogP contribution in [0, 0.1) is 0 Å². The van der Waals surface area contributed by atoms with Crippen LogP contribution in [-0.4, -0.2) is 21.5 Å². The quantitative estimate of drug-likeness (QED) is 0.750. The molecule has 0 aromatic carbocycles. The number of hydrogen-bond acceptors (Lipinski definition) is 4. The maximum atomic E-state index is 11.0. The molecule has 1 heterocycles. The fourth-order valence-corrected chi connectivity index (χ4v) is 0.706. The molecule has 0 radical (unpaired) electrons. The smallest absolute Gasteiger partial charge is 0.322 e. The average Bonchev–Trinajstić information content (AvgIpc) is 2.52. The third-order valence-corrected chi connectivity index (χ3v) is 1.56. The van der Waals surface area contributed by atoms with Crippen LogP contribution >= 0.6 is 11.6 Å². The Morgan fingerprint density at radius 2 is 2.38 bits per heavy atom. The van der Waals surface area contributed by atoms with Gasteiger partial charge < -0.3 is 4.42 Å². The zero-order valence-corrected chi connectivity index (χ0v) is 8.13. The first-order valence-corrected chi connectivity index (χ1v) is 4.34. The highest BCUT2D eigenvalue weighted by Crippen LogP contribution is 2.07. The van der Waals surface area contributed by atoms with Crippen molar-refractivity contribution in [3.8, 4) is 0 Å². The number of alkyl halides is 1. The van der Waals surface area contributed by atoms with E-state index in [9.17, 15) is 4.79 Å². The number of carbonyl (C=O) groups excluding carboxylic acids is 1. The molecular weight excluding hydrogens is 194 g/mol. The lowest BCUT2D eigenvalue weighted by molar-refractivity contribution is -0.115. The fraction of sp³-hybridized carbons (Fsp3) is 0.571. The Morgan fingerprint density at radius 1 is 1.69 bits per heavy atom. The second kappa shape index (κ2) is 4.23. The summed E-state index contributed by atoms with van der Waals surface area (Å²) < 4.78 is 5.04. The third kappa shape index (κ3) is 2.69. The van der Waals surface area contributed by atoms with Crippen LogP contribution in [0.25, 0.3) is 0 Å².